The van der Waals surface area contributed by atoms with E-state index in [1.54, 1.807) is 0 Å². The van der Waals surface area contributed by atoms with Crippen molar-refractivity contribution in [2.24, 2.45) is 0 Å². The van der Waals surface area contributed by atoms with Crippen molar-refractivity contribution in [3.8, 4) is 5.88 Å². The van der Waals surface area contributed by atoms with Crippen LogP contribution in [-0.2, 0) is 14.9 Å². The lowest BCUT2D eigenvalue weighted by Crippen LogP contribution is -2.32. The molecule has 28 heavy (non-hydrogen) atoms. The number of hydrogen-bond acceptors (Lipinski definition) is 7. The molecule has 0 atom stereocenters. The maximum Gasteiger partial charge on any atom is 0.534 e. The summed E-state index contributed by atoms with van der Waals surface area (Å²) < 4.78 is 68.5. The first-order valence-electron chi connectivity index (χ1n) is 8.47. The Morgan fingerprint density at radius 3 is 2.50 bits per heavy atom. The molecule has 1 fully saturated rings. The van der Waals surface area contributed by atoms with Crippen LogP contribution in [0.4, 0.5) is 13.2 Å². The number of ether oxygens (including phenoxy) is 1. The number of benzene rings is 1. The fourth-order valence-electron chi connectivity index (χ4n) is 2.76. The largest absolute Gasteiger partial charge is 0.534 e. The van der Waals surface area contributed by atoms with Crippen LogP contribution in [0.15, 0.2) is 30.3 Å². The second kappa shape index (κ2) is 7.92. The van der Waals surface area contributed by atoms with E-state index in [1.165, 1.54) is 24.3 Å². The molecule has 2 heterocycles. The number of rotatable bonds is 5. The summed E-state index contributed by atoms with van der Waals surface area (Å²) in [6.45, 7) is 1.94. The number of carbonyl (C=O) groups is 1. The molecule has 0 saturated carbocycles. The molecule has 0 bridgehead atoms. The topological polar surface area (TPSA) is 85.8 Å². The Bertz CT molecular complexity index is 972. The van der Waals surface area contributed by atoms with E-state index >= 15 is 0 Å². The zero-order valence-corrected chi connectivity index (χ0v) is 15.4. The lowest BCUT2D eigenvalue weighted by molar-refractivity contribution is -0.0501. The zero-order chi connectivity index (χ0) is 20.4. The van der Waals surface area contributed by atoms with Crippen LogP contribution in [0.3, 0.4) is 0 Å². The first-order valence-corrected chi connectivity index (χ1v) is 9.87. The van der Waals surface area contributed by atoms with E-state index in [-0.39, 0.29) is 17.8 Å². The molecule has 0 radical (unpaired) electrons. The van der Waals surface area contributed by atoms with Crippen molar-refractivity contribution in [2.75, 3.05) is 19.8 Å². The first-order chi connectivity index (χ1) is 13.2. The molecule has 1 aliphatic rings. The van der Waals surface area contributed by atoms with Crippen molar-refractivity contribution in [1.82, 2.24) is 9.88 Å². The third-order valence-electron chi connectivity index (χ3n) is 4.20. The molecule has 1 saturated heterocycles. The zero-order valence-electron chi connectivity index (χ0n) is 14.6. The maximum atomic E-state index is 12.4. The standard InChI is InChI=1S/C17H17F3N2O5S/c18-17(19,20)28(24,25)27-15-7-5-12-10-13(4-6-14(12)21-15)16(23)26-11-22-8-2-1-3-9-22/h4-7,10H,1-3,8-9,11H2. The Labute approximate surface area is 159 Å². The van der Waals surface area contributed by atoms with Gasteiger partial charge in [0.1, 0.15) is 6.73 Å². The number of piperidine rings is 1. The number of esters is 1. The fraction of sp³-hybridized carbons (Fsp3) is 0.412. The molecule has 1 aliphatic heterocycles. The Morgan fingerprint density at radius 2 is 1.82 bits per heavy atom. The van der Waals surface area contributed by atoms with Crippen molar-refractivity contribution < 1.29 is 35.3 Å². The molecule has 1 aromatic carbocycles. The molecule has 0 unspecified atom stereocenters. The molecule has 2 aromatic rings. The second-order valence-corrected chi connectivity index (χ2v) is 7.82. The molecule has 0 N–H and O–H groups in total. The van der Waals surface area contributed by atoms with Crippen LogP contribution in [0.5, 0.6) is 5.88 Å². The molecule has 1 aromatic heterocycles. The Morgan fingerprint density at radius 1 is 1.11 bits per heavy atom. The van der Waals surface area contributed by atoms with Crippen LogP contribution in [0.25, 0.3) is 10.9 Å². The predicted molar refractivity (Wildman–Crippen MR) is 93.1 cm³/mol. The van der Waals surface area contributed by atoms with Crippen molar-refractivity contribution in [3.63, 3.8) is 0 Å². The number of alkyl halides is 3. The van der Waals surface area contributed by atoms with Gasteiger partial charge in [-0.1, -0.05) is 6.42 Å². The summed E-state index contributed by atoms with van der Waals surface area (Å²) >= 11 is 0. The molecule has 0 spiro atoms. The van der Waals surface area contributed by atoms with E-state index < -0.39 is 27.5 Å². The van der Waals surface area contributed by atoms with E-state index in [1.807, 2.05) is 4.90 Å². The van der Waals surface area contributed by atoms with Crippen LogP contribution < -0.4 is 4.18 Å². The maximum absolute atomic E-state index is 12.4. The molecule has 0 aliphatic carbocycles. The fourth-order valence-corrected chi connectivity index (χ4v) is 3.17. The monoisotopic (exact) mass is 418 g/mol. The van der Waals surface area contributed by atoms with Gasteiger partial charge in [0, 0.05) is 24.5 Å². The van der Waals surface area contributed by atoms with Crippen molar-refractivity contribution in [1.29, 1.82) is 0 Å². The minimum Gasteiger partial charge on any atom is -0.446 e. The van der Waals surface area contributed by atoms with E-state index in [0.29, 0.717) is 5.39 Å². The van der Waals surface area contributed by atoms with Gasteiger partial charge >= 0.3 is 21.6 Å². The highest BCUT2D eigenvalue weighted by molar-refractivity contribution is 7.87. The first kappa shape index (κ1) is 20.3. The van der Waals surface area contributed by atoms with Crippen LogP contribution in [-0.4, -0.2) is 49.6 Å². The van der Waals surface area contributed by atoms with E-state index in [0.717, 1.165) is 38.4 Å². The third kappa shape index (κ3) is 4.71. The number of carbonyl (C=O) groups excluding carboxylic acids is 1. The van der Waals surface area contributed by atoms with E-state index in [2.05, 4.69) is 9.17 Å². The van der Waals surface area contributed by atoms with Gasteiger partial charge in [0.05, 0.1) is 11.1 Å². The average Bonchev–Trinajstić information content (AvgIpc) is 2.65. The third-order valence-corrected chi connectivity index (χ3v) is 5.16. The highest BCUT2D eigenvalue weighted by atomic mass is 32.2. The molecule has 7 nitrogen and oxygen atoms in total. The van der Waals surface area contributed by atoms with Gasteiger partial charge < -0.3 is 8.92 Å². The van der Waals surface area contributed by atoms with Gasteiger partial charge in [-0.15, -0.1) is 0 Å². The van der Waals surface area contributed by atoms with Gasteiger partial charge in [0.2, 0.25) is 5.88 Å². The van der Waals surface area contributed by atoms with Gasteiger partial charge in [-0.3, -0.25) is 4.90 Å². The summed E-state index contributed by atoms with van der Waals surface area (Å²) in [7, 11) is -5.80. The Hall–Kier alpha value is -2.40. The number of nitrogens with zero attached hydrogens (tertiary/aromatic N) is 2. The summed E-state index contributed by atoms with van der Waals surface area (Å²) in [4.78, 5) is 18.0. The lowest BCUT2D eigenvalue weighted by Gasteiger charge is -2.25. The van der Waals surface area contributed by atoms with Gasteiger partial charge in [-0.2, -0.15) is 21.6 Å². The van der Waals surface area contributed by atoms with E-state index in [4.69, 9.17) is 4.74 Å². The van der Waals surface area contributed by atoms with Gasteiger partial charge in [0.25, 0.3) is 0 Å². The average molecular weight is 418 g/mol. The predicted octanol–water partition coefficient (Wildman–Crippen LogP) is 3.06. The van der Waals surface area contributed by atoms with Gasteiger partial charge in [-0.25, -0.2) is 9.78 Å². The van der Waals surface area contributed by atoms with Crippen molar-refractivity contribution >= 4 is 27.0 Å². The number of pyridine rings is 1. The summed E-state index contributed by atoms with van der Waals surface area (Å²) in [5.74, 6) is -1.25. The summed E-state index contributed by atoms with van der Waals surface area (Å²) in [6, 6.07) is 6.53. The number of aromatic nitrogens is 1. The molecule has 11 heteroatoms. The van der Waals surface area contributed by atoms with Gasteiger partial charge in [0.15, 0.2) is 0 Å². The number of hydrogen-bond donors (Lipinski definition) is 0. The smallest absolute Gasteiger partial charge is 0.446 e. The highest BCUT2D eigenvalue weighted by Gasteiger charge is 2.48. The van der Waals surface area contributed by atoms with Crippen LogP contribution in [0.1, 0.15) is 29.6 Å². The summed E-state index contributed by atoms with van der Waals surface area (Å²) in [5.41, 5.74) is -5.13. The Balaban J connectivity index is 1.71. The normalized spacial score (nSPS) is 16.1. The molecule has 0 amide bonds. The van der Waals surface area contributed by atoms with Crippen LogP contribution in [0, 0.1) is 0 Å². The lowest BCUT2D eigenvalue weighted by atomic mass is 10.1. The molecular weight excluding hydrogens is 401 g/mol. The minimum atomic E-state index is -5.80. The van der Waals surface area contributed by atoms with Gasteiger partial charge in [-0.05, 0) is 37.1 Å². The number of halogens is 3. The molecule has 3 rings (SSSR count). The quantitative estimate of drug-likeness (QED) is 0.419. The SMILES string of the molecule is O=C(OCN1CCCCC1)c1ccc2nc(OS(=O)(=O)C(F)(F)F)ccc2c1. The number of fused-ring (bicyclic) bond motifs is 1. The van der Waals surface area contributed by atoms with Crippen molar-refractivity contribution in [2.45, 2.75) is 24.8 Å². The summed E-state index contributed by atoms with van der Waals surface area (Å²) in [6.07, 6.45) is 3.29. The molecular formula is C17H17F3N2O5S. The summed E-state index contributed by atoms with van der Waals surface area (Å²) in [5, 5.41) is 0.421. The van der Waals surface area contributed by atoms with Crippen LogP contribution in [0.2, 0.25) is 0 Å². The van der Waals surface area contributed by atoms with Crippen molar-refractivity contribution in [3.05, 3.63) is 35.9 Å². The minimum absolute atomic E-state index is 0.169. The van der Waals surface area contributed by atoms with Crippen LogP contribution >= 0.6 is 0 Å². The second-order valence-electron chi connectivity index (χ2n) is 6.28. The Kier molecular flexibility index (Phi) is 5.75. The number of likely N-dealkylation sites (tertiary alicyclic amines) is 1. The van der Waals surface area contributed by atoms with E-state index in [9.17, 15) is 26.4 Å². The molecule has 152 valence electrons. The highest BCUT2D eigenvalue weighted by Crippen LogP contribution is 2.27.